The van der Waals surface area contributed by atoms with Gasteiger partial charge in [0.05, 0.1) is 0 Å². The molecule has 0 amide bonds. The van der Waals surface area contributed by atoms with Crippen molar-refractivity contribution in [1.29, 1.82) is 0 Å². The van der Waals surface area contributed by atoms with Crippen LogP contribution in [0.3, 0.4) is 0 Å². The predicted octanol–water partition coefficient (Wildman–Crippen LogP) is 6.35. The molecule has 0 nitrogen and oxygen atoms in total. The van der Waals surface area contributed by atoms with Gasteiger partial charge in [0.2, 0.25) is 0 Å². The summed E-state index contributed by atoms with van der Waals surface area (Å²) in [5.74, 6) is 0. The summed E-state index contributed by atoms with van der Waals surface area (Å²) >= 11 is 0. The van der Waals surface area contributed by atoms with Crippen LogP contribution in [0.2, 0.25) is 0 Å². The largest absolute Gasteiger partial charge is 0.0613 e. The third-order valence-electron chi connectivity index (χ3n) is 5.05. The van der Waals surface area contributed by atoms with E-state index in [1.807, 2.05) is 0 Å². The summed E-state index contributed by atoms with van der Waals surface area (Å²) in [6.45, 7) is 4.43. The van der Waals surface area contributed by atoms with Gasteiger partial charge in [-0.1, -0.05) is 54.6 Å². The highest BCUT2D eigenvalue weighted by molar-refractivity contribution is 6.29. The second-order valence-electron chi connectivity index (χ2n) is 6.35. The molecule has 104 valence electrons. The molecule has 22 heavy (non-hydrogen) atoms. The molecule has 0 aromatic heterocycles. The fourth-order valence-corrected chi connectivity index (χ4v) is 3.98. The van der Waals surface area contributed by atoms with E-state index < -0.39 is 0 Å². The van der Waals surface area contributed by atoms with Crippen LogP contribution in [0.4, 0.5) is 0 Å². The Morgan fingerprint density at radius 2 is 1.23 bits per heavy atom. The van der Waals surface area contributed by atoms with E-state index in [9.17, 15) is 0 Å². The zero-order valence-corrected chi connectivity index (χ0v) is 12.8. The van der Waals surface area contributed by atoms with Crippen LogP contribution < -0.4 is 0 Å². The first-order chi connectivity index (χ1) is 10.7. The van der Waals surface area contributed by atoms with Crippen molar-refractivity contribution in [1.82, 2.24) is 0 Å². The highest BCUT2D eigenvalue weighted by Crippen LogP contribution is 2.40. The maximum absolute atomic E-state index is 2.37. The maximum atomic E-state index is 2.37. The summed E-state index contributed by atoms with van der Waals surface area (Å²) < 4.78 is 0. The Kier molecular flexibility index (Phi) is 2.17. The van der Waals surface area contributed by atoms with Crippen LogP contribution in [0.25, 0.3) is 43.1 Å². The van der Waals surface area contributed by atoms with Gasteiger partial charge in [-0.3, -0.25) is 0 Å². The molecule has 0 aliphatic rings. The zero-order valence-electron chi connectivity index (χ0n) is 12.8. The predicted molar refractivity (Wildman–Crippen MR) is 97.1 cm³/mol. The first-order valence-corrected chi connectivity index (χ1v) is 7.80. The standard InChI is InChI=1S/C22H16/c1-13-5-3-8-18-19(13)12-16-10-9-15-6-4-7-17-14(2)11-20(18)22(16)21(15)17/h3-12H,1-2H3. The van der Waals surface area contributed by atoms with Crippen LogP contribution in [0, 0.1) is 13.8 Å². The Balaban J connectivity index is 2.23. The van der Waals surface area contributed by atoms with Crippen molar-refractivity contribution in [3.63, 3.8) is 0 Å². The topological polar surface area (TPSA) is 0 Å². The Morgan fingerprint density at radius 3 is 2.14 bits per heavy atom. The lowest BCUT2D eigenvalue weighted by molar-refractivity contribution is 1.53. The molecule has 0 saturated heterocycles. The Labute approximate surface area is 129 Å². The molecule has 0 spiro atoms. The van der Waals surface area contributed by atoms with Crippen molar-refractivity contribution >= 4 is 43.1 Å². The molecule has 5 aromatic rings. The number of hydrogen-bond acceptors (Lipinski definition) is 0. The fraction of sp³-hybridized carbons (Fsp3) is 0.0909. The molecule has 0 atom stereocenters. The highest BCUT2D eigenvalue weighted by atomic mass is 14.2. The van der Waals surface area contributed by atoms with Gasteiger partial charge < -0.3 is 0 Å². The third kappa shape index (κ3) is 1.37. The molecule has 0 fully saturated rings. The summed E-state index contributed by atoms with van der Waals surface area (Å²) in [4.78, 5) is 0. The minimum absolute atomic E-state index is 1.34. The molecule has 0 N–H and O–H groups in total. The Morgan fingerprint density at radius 1 is 0.500 bits per heavy atom. The number of fused-ring (bicyclic) bond motifs is 2. The molecule has 0 aliphatic heterocycles. The molecule has 5 rings (SSSR count). The van der Waals surface area contributed by atoms with Gasteiger partial charge in [0.25, 0.3) is 0 Å². The summed E-state index contributed by atoms with van der Waals surface area (Å²) in [5.41, 5.74) is 2.71. The average Bonchev–Trinajstić information content (AvgIpc) is 2.54. The van der Waals surface area contributed by atoms with Gasteiger partial charge in [0, 0.05) is 0 Å². The van der Waals surface area contributed by atoms with E-state index in [0.717, 1.165) is 0 Å². The Hall–Kier alpha value is -2.60. The van der Waals surface area contributed by atoms with Crippen LogP contribution in [0.5, 0.6) is 0 Å². The minimum atomic E-state index is 1.34. The second-order valence-corrected chi connectivity index (χ2v) is 6.35. The minimum Gasteiger partial charge on any atom is -0.0613 e. The second kappa shape index (κ2) is 3.98. The number of hydrogen-bond donors (Lipinski definition) is 0. The van der Waals surface area contributed by atoms with Crippen LogP contribution in [0.1, 0.15) is 11.1 Å². The third-order valence-corrected chi connectivity index (χ3v) is 5.05. The quantitative estimate of drug-likeness (QED) is 0.229. The van der Waals surface area contributed by atoms with Gasteiger partial charge in [0.1, 0.15) is 0 Å². The molecule has 0 saturated carbocycles. The SMILES string of the molecule is Cc1cccc2c1cc1ccc3cccc4c(C)cc2c1c34. The van der Waals surface area contributed by atoms with E-state index in [1.54, 1.807) is 0 Å². The van der Waals surface area contributed by atoms with E-state index in [4.69, 9.17) is 0 Å². The first kappa shape index (κ1) is 12.0. The molecule has 0 unspecified atom stereocenters. The van der Waals surface area contributed by atoms with Gasteiger partial charge >= 0.3 is 0 Å². The number of benzene rings is 5. The number of rotatable bonds is 0. The van der Waals surface area contributed by atoms with Gasteiger partial charge in [-0.05, 0) is 74.1 Å². The first-order valence-electron chi connectivity index (χ1n) is 7.80. The lowest BCUT2D eigenvalue weighted by Crippen LogP contribution is -1.89. The van der Waals surface area contributed by atoms with Crippen molar-refractivity contribution in [2.75, 3.05) is 0 Å². The van der Waals surface area contributed by atoms with Crippen molar-refractivity contribution < 1.29 is 0 Å². The van der Waals surface area contributed by atoms with E-state index in [2.05, 4.69) is 74.5 Å². The van der Waals surface area contributed by atoms with Crippen LogP contribution >= 0.6 is 0 Å². The van der Waals surface area contributed by atoms with Crippen molar-refractivity contribution in [2.24, 2.45) is 0 Å². The maximum Gasteiger partial charge on any atom is -0.00201 e. The normalized spacial score (nSPS) is 12.1. The van der Waals surface area contributed by atoms with Gasteiger partial charge in [-0.25, -0.2) is 0 Å². The van der Waals surface area contributed by atoms with Gasteiger partial charge in [0.15, 0.2) is 0 Å². The molecule has 0 radical (unpaired) electrons. The van der Waals surface area contributed by atoms with Gasteiger partial charge in [-0.15, -0.1) is 0 Å². The molecule has 0 heterocycles. The molecule has 5 aromatic carbocycles. The molecule has 0 aliphatic carbocycles. The van der Waals surface area contributed by atoms with Gasteiger partial charge in [-0.2, -0.15) is 0 Å². The average molecular weight is 280 g/mol. The summed E-state index contributed by atoms with van der Waals surface area (Å²) in [5, 5.41) is 11.0. The zero-order chi connectivity index (χ0) is 14.8. The summed E-state index contributed by atoms with van der Waals surface area (Å²) in [6, 6.07) is 22.5. The van der Waals surface area contributed by atoms with Crippen LogP contribution in [-0.4, -0.2) is 0 Å². The molecule has 0 heteroatoms. The van der Waals surface area contributed by atoms with E-state index in [0.29, 0.717) is 0 Å². The lowest BCUT2D eigenvalue weighted by Gasteiger charge is -2.15. The van der Waals surface area contributed by atoms with Crippen molar-refractivity contribution in [3.8, 4) is 0 Å². The summed E-state index contributed by atoms with van der Waals surface area (Å²) in [7, 11) is 0. The summed E-state index contributed by atoms with van der Waals surface area (Å²) in [6.07, 6.45) is 0. The molecule has 0 bridgehead atoms. The van der Waals surface area contributed by atoms with Crippen molar-refractivity contribution in [2.45, 2.75) is 13.8 Å². The number of aryl methyl sites for hydroxylation is 2. The lowest BCUT2D eigenvalue weighted by atomic mass is 9.88. The van der Waals surface area contributed by atoms with Crippen molar-refractivity contribution in [3.05, 3.63) is 71.8 Å². The van der Waals surface area contributed by atoms with Crippen LogP contribution in [0.15, 0.2) is 60.7 Å². The fourth-order valence-electron chi connectivity index (χ4n) is 3.98. The van der Waals surface area contributed by atoms with Crippen LogP contribution in [-0.2, 0) is 0 Å². The molecular weight excluding hydrogens is 264 g/mol. The van der Waals surface area contributed by atoms with E-state index in [1.165, 1.54) is 54.2 Å². The molecular formula is C22H16. The highest BCUT2D eigenvalue weighted by Gasteiger charge is 2.13. The monoisotopic (exact) mass is 280 g/mol. The van der Waals surface area contributed by atoms with E-state index in [-0.39, 0.29) is 0 Å². The Bertz CT molecular complexity index is 1180. The van der Waals surface area contributed by atoms with E-state index >= 15 is 0 Å². The smallest absolute Gasteiger partial charge is 0.00201 e.